The Kier molecular flexibility index (Phi) is 5.20. The van der Waals surface area contributed by atoms with E-state index in [1.807, 2.05) is 0 Å². The fraction of sp³-hybridized carbons (Fsp3) is 0. The van der Waals surface area contributed by atoms with Gasteiger partial charge in [0.2, 0.25) is 0 Å². The number of rotatable bonds is 5. The monoisotopic (exact) mass is 352 g/mol. The summed E-state index contributed by atoms with van der Waals surface area (Å²) in [5.41, 5.74) is 0.517. The molecule has 0 aliphatic carbocycles. The molecule has 0 unspecified atom stereocenters. The average molecular weight is 353 g/mol. The maximum absolute atomic E-state index is 10.9. The molecule has 8 heteroatoms. The molecule has 1 heterocycles. The van der Waals surface area contributed by atoms with E-state index in [1.165, 1.54) is 6.20 Å². The van der Waals surface area contributed by atoms with Crippen LogP contribution in [0.1, 0.15) is 0 Å². The normalized spacial score (nSPS) is 10.0. The minimum atomic E-state index is -1.56. The third-order valence-corrected chi connectivity index (χ3v) is 3.67. The Balaban J connectivity index is 2.46. The molecule has 23 heavy (non-hydrogen) atoms. The maximum Gasteiger partial charge on any atom is 0.344 e. The summed E-state index contributed by atoms with van der Waals surface area (Å²) in [6.45, 7) is 0. The summed E-state index contributed by atoms with van der Waals surface area (Å²) in [7, 11) is 0. The van der Waals surface area contributed by atoms with E-state index in [0.717, 1.165) is 6.20 Å². The number of halogens is 2. The van der Waals surface area contributed by atoms with Gasteiger partial charge in [0.15, 0.2) is 5.57 Å². The molecule has 0 spiro atoms. The van der Waals surface area contributed by atoms with Gasteiger partial charge in [0.05, 0.1) is 21.4 Å². The van der Waals surface area contributed by atoms with E-state index in [0.29, 0.717) is 22.0 Å². The van der Waals surface area contributed by atoms with Gasteiger partial charge in [-0.05, 0) is 18.2 Å². The van der Waals surface area contributed by atoms with E-state index in [1.54, 1.807) is 30.3 Å². The maximum atomic E-state index is 10.9. The molecular formula is C15H10Cl2N2O4. The van der Waals surface area contributed by atoms with Crippen molar-refractivity contribution in [3.63, 3.8) is 0 Å². The number of carboxylic acids is 2. The minimum Gasteiger partial charge on any atom is -0.477 e. The van der Waals surface area contributed by atoms with Gasteiger partial charge in [-0.25, -0.2) is 9.59 Å². The van der Waals surface area contributed by atoms with Gasteiger partial charge >= 0.3 is 11.9 Å². The Labute approximate surface area is 141 Å². The van der Waals surface area contributed by atoms with Crippen LogP contribution in [0.4, 0.5) is 5.69 Å². The van der Waals surface area contributed by atoms with Crippen LogP contribution in [0.25, 0.3) is 11.3 Å². The summed E-state index contributed by atoms with van der Waals surface area (Å²) < 4.78 is 0. The summed E-state index contributed by atoms with van der Waals surface area (Å²) in [4.78, 5) is 25.9. The first-order chi connectivity index (χ1) is 10.9. The molecular weight excluding hydrogens is 343 g/mol. The molecule has 0 fully saturated rings. The van der Waals surface area contributed by atoms with Gasteiger partial charge in [-0.2, -0.15) is 0 Å². The number of benzene rings is 1. The lowest BCUT2D eigenvalue weighted by Crippen LogP contribution is -2.13. The largest absolute Gasteiger partial charge is 0.477 e. The molecule has 1 aromatic heterocycles. The van der Waals surface area contributed by atoms with Gasteiger partial charge in [0.1, 0.15) is 0 Å². The first kappa shape index (κ1) is 16.8. The van der Waals surface area contributed by atoms with Gasteiger partial charge < -0.3 is 15.5 Å². The van der Waals surface area contributed by atoms with Crippen molar-refractivity contribution in [3.8, 4) is 11.3 Å². The lowest BCUT2D eigenvalue weighted by atomic mass is 10.1. The molecule has 0 saturated carbocycles. The van der Waals surface area contributed by atoms with Crippen molar-refractivity contribution in [1.82, 2.24) is 4.98 Å². The molecule has 0 amide bonds. The van der Waals surface area contributed by atoms with E-state index in [2.05, 4.69) is 10.3 Å². The first-order valence-electron chi connectivity index (χ1n) is 6.24. The van der Waals surface area contributed by atoms with Crippen molar-refractivity contribution in [2.45, 2.75) is 0 Å². The predicted molar refractivity (Wildman–Crippen MR) is 86.7 cm³/mol. The van der Waals surface area contributed by atoms with Gasteiger partial charge in [-0.1, -0.05) is 35.3 Å². The van der Waals surface area contributed by atoms with Crippen LogP contribution in [0.3, 0.4) is 0 Å². The Bertz CT molecular complexity index is 790. The number of nitrogens with zero attached hydrogens (tertiary/aromatic N) is 1. The highest BCUT2D eigenvalue weighted by atomic mass is 35.5. The summed E-state index contributed by atoms with van der Waals surface area (Å²) in [5, 5.41) is 21.0. The van der Waals surface area contributed by atoms with Gasteiger partial charge in [0, 0.05) is 18.0 Å². The molecule has 0 radical (unpaired) electrons. The zero-order chi connectivity index (χ0) is 17.0. The van der Waals surface area contributed by atoms with Crippen LogP contribution in [0.2, 0.25) is 10.0 Å². The molecule has 2 aromatic rings. The minimum absolute atomic E-state index is 0.289. The highest BCUT2D eigenvalue weighted by Crippen LogP contribution is 2.35. The van der Waals surface area contributed by atoms with Crippen LogP contribution < -0.4 is 5.32 Å². The van der Waals surface area contributed by atoms with Gasteiger partial charge in [-0.3, -0.25) is 4.98 Å². The zero-order valence-corrected chi connectivity index (χ0v) is 13.0. The smallest absolute Gasteiger partial charge is 0.344 e. The molecule has 1 aromatic carbocycles. The lowest BCUT2D eigenvalue weighted by Gasteiger charge is -2.10. The number of carbonyl (C=O) groups is 2. The number of hydrogen-bond acceptors (Lipinski definition) is 4. The quantitative estimate of drug-likeness (QED) is 0.432. The fourth-order valence-corrected chi connectivity index (χ4v) is 2.18. The van der Waals surface area contributed by atoms with Crippen LogP contribution in [-0.2, 0) is 9.59 Å². The number of aliphatic carboxylic acids is 2. The van der Waals surface area contributed by atoms with Crippen molar-refractivity contribution < 1.29 is 19.8 Å². The first-order valence-corrected chi connectivity index (χ1v) is 7.00. The SMILES string of the molecule is O=C(O)C(=CNc1cccnc1-c1cccc(Cl)c1Cl)C(=O)O. The molecule has 0 bridgehead atoms. The van der Waals surface area contributed by atoms with E-state index in [4.69, 9.17) is 33.4 Å². The Morgan fingerprint density at radius 3 is 2.43 bits per heavy atom. The van der Waals surface area contributed by atoms with E-state index in [-0.39, 0.29) is 5.02 Å². The molecule has 118 valence electrons. The Morgan fingerprint density at radius 2 is 1.78 bits per heavy atom. The van der Waals surface area contributed by atoms with Crippen LogP contribution in [-0.4, -0.2) is 27.1 Å². The van der Waals surface area contributed by atoms with Crippen LogP contribution in [0.15, 0.2) is 48.3 Å². The highest BCUT2D eigenvalue weighted by Gasteiger charge is 2.17. The second kappa shape index (κ2) is 7.13. The standard InChI is InChI=1S/C15H10Cl2N2O4/c16-10-4-1-3-8(12(10)17)13-11(5-2-6-18-13)19-7-9(14(20)21)15(22)23/h1-7,19H,(H,20,21)(H,22,23). The Hall–Kier alpha value is -2.57. The van der Waals surface area contributed by atoms with E-state index >= 15 is 0 Å². The van der Waals surface area contributed by atoms with Gasteiger partial charge in [-0.15, -0.1) is 0 Å². The highest BCUT2D eigenvalue weighted by molar-refractivity contribution is 6.43. The van der Waals surface area contributed by atoms with Crippen LogP contribution in [0.5, 0.6) is 0 Å². The van der Waals surface area contributed by atoms with Crippen molar-refractivity contribution in [2.24, 2.45) is 0 Å². The summed E-state index contributed by atoms with van der Waals surface area (Å²) in [6, 6.07) is 8.23. The Morgan fingerprint density at radius 1 is 1.09 bits per heavy atom. The summed E-state index contributed by atoms with van der Waals surface area (Å²) >= 11 is 12.1. The molecule has 6 nitrogen and oxygen atoms in total. The molecule has 0 atom stereocenters. The van der Waals surface area contributed by atoms with Gasteiger partial charge in [0.25, 0.3) is 0 Å². The third-order valence-electron chi connectivity index (χ3n) is 2.85. The predicted octanol–water partition coefficient (Wildman–Crippen LogP) is 3.52. The molecule has 0 aliphatic rings. The van der Waals surface area contributed by atoms with E-state index in [9.17, 15) is 9.59 Å². The second-order valence-electron chi connectivity index (χ2n) is 4.31. The number of hydrogen-bond donors (Lipinski definition) is 3. The van der Waals surface area contributed by atoms with Crippen molar-refractivity contribution in [1.29, 1.82) is 0 Å². The average Bonchev–Trinajstić information content (AvgIpc) is 2.50. The third kappa shape index (κ3) is 3.80. The second-order valence-corrected chi connectivity index (χ2v) is 5.10. The van der Waals surface area contributed by atoms with Crippen molar-refractivity contribution in [2.75, 3.05) is 5.32 Å². The van der Waals surface area contributed by atoms with Crippen LogP contribution >= 0.6 is 23.2 Å². The molecule has 3 N–H and O–H groups in total. The molecule has 0 aliphatic heterocycles. The number of carboxylic acid groups (broad SMARTS) is 2. The number of pyridine rings is 1. The zero-order valence-electron chi connectivity index (χ0n) is 11.5. The fourth-order valence-electron chi connectivity index (χ4n) is 1.79. The number of aromatic nitrogens is 1. The summed E-state index contributed by atoms with van der Waals surface area (Å²) in [6.07, 6.45) is 2.40. The van der Waals surface area contributed by atoms with E-state index < -0.39 is 17.5 Å². The molecule has 2 rings (SSSR count). The topological polar surface area (TPSA) is 99.5 Å². The van der Waals surface area contributed by atoms with Crippen molar-refractivity contribution >= 4 is 40.8 Å². The number of anilines is 1. The van der Waals surface area contributed by atoms with Crippen molar-refractivity contribution in [3.05, 3.63) is 58.3 Å². The molecule has 0 saturated heterocycles. The van der Waals surface area contributed by atoms with Crippen LogP contribution in [0, 0.1) is 0 Å². The lowest BCUT2D eigenvalue weighted by molar-refractivity contribution is -0.140. The summed E-state index contributed by atoms with van der Waals surface area (Å²) in [5.74, 6) is -3.12. The number of nitrogens with one attached hydrogen (secondary N) is 1.